The molecule has 3 aromatic heterocycles. The molecule has 0 aliphatic carbocycles. The Labute approximate surface area is 137 Å². The van der Waals surface area contributed by atoms with Gasteiger partial charge in [0.1, 0.15) is 0 Å². The molecule has 0 spiro atoms. The van der Waals surface area contributed by atoms with Crippen molar-refractivity contribution in [2.45, 2.75) is 13.8 Å². The van der Waals surface area contributed by atoms with Gasteiger partial charge in [0.2, 0.25) is 0 Å². The molecule has 0 aliphatic rings. The van der Waals surface area contributed by atoms with Gasteiger partial charge in [-0.2, -0.15) is 0 Å². The van der Waals surface area contributed by atoms with Gasteiger partial charge in [0.05, 0.1) is 27.8 Å². The van der Waals surface area contributed by atoms with Crippen LogP contribution < -0.4 is 5.32 Å². The third-order valence-corrected chi connectivity index (χ3v) is 3.99. The molecule has 0 aliphatic heterocycles. The van der Waals surface area contributed by atoms with Gasteiger partial charge >= 0.3 is 0 Å². The van der Waals surface area contributed by atoms with Crippen LogP contribution >= 0.6 is 0 Å². The number of nitrogens with zero attached hydrogens (tertiary/aromatic N) is 3. The van der Waals surface area contributed by atoms with Crippen LogP contribution in [0.25, 0.3) is 22.0 Å². The average molecular weight is 318 g/mol. The second-order valence-corrected chi connectivity index (χ2v) is 5.63. The summed E-state index contributed by atoms with van der Waals surface area (Å²) in [6.07, 6.45) is 3.23. The minimum atomic E-state index is -0.237. The fourth-order valence-corrected chi connectivity index (χ4v) is 2.69. The molecule has 6 heteroatoms. The van der Waals surface area contributed by atoms with Gasteiger partial charge in [0, 0.05) is 17.8 Å². The first-order valence-electron chi connectivity index (χ1n) is 7.51. The number of rotatable bonds is 2. The first-order valence-corrected chi connectivity index (χ1v) is 7.51. The Morgan fingerprint density at radius 2 is 2.00 bits per heavy atom. The predicted octanol–water partition coefficient (Wildman–Crippen LogP) is 3.64. The molecule has 0 saturated heterocycles. The Balaban J connectivity index is 1.73. The van der Waals surface area contributed by atoms with Gasteiger partial charge in [-0.05, 0) is 43.7 Å². The van der Waals surface area contributed by atoms with Crippen molar-refractivity contribution in [1.82, 2.24) is 15.1 Å². The van der Waals surface area contributed by atoms with Crippen LogP contribution in [0.1, 0.15) is 21.6 Å². The van der Waals surface area contributed by atoms with E-state index in [0.717, 1.165) is 27.5 Å². The van der Waals surface area contributed by atoms with Gasteiger partial charge in [-0.25, -0.2) is 4.98 Å². The minimum absolute atomic E-state index is 0.237. The Morgan fingerprint density at radius 1 is 1.12 bits per heavy atom. The van der Waals surface area contributed by atoms with E-state index in [1.165, 1.54) is 6.20 Å². The van der Waals surface area contributed by atoms with Gasteiger partial charge in [-0.15, -0.1) is 0 Å². The zero-order chi connectivity index (χ0) is 16.7. The molecule has 118 valence electrons. The summed E-state index contributed by atoms with van der Waals surface area (Å²) in [7, 11) is 0. The largest absolute Gasteiger partial charge is 0.336 e. The van der Waals surface area contributed by atoms with E-state index in [0.29, 0.717) is 17.0 Å². The van der Waals surface area contributed by atoms with E-state index < -0.39 is 0 Å². The van der Waals surface area contributed by atoms with Crippen LogP contribution in [0.15, 0.2) is 47.2 Å². The summed E-state index contributed by atoms with van der Waals surface area (Å²) in [5.74, 6) is -0.237. The summed E-state index contributed by atoms with van der Waals surface area (Å²) in [6, 6.07) is 9.35. The summed E-state index contributed by atoms with van der Waals surface area (Å²) < 4.78 is 5.07. The van der Waals surface area contributed by atoms with Crippen molar-refractivity contribution in [1.29, 1.82) is 0 Å². The first kappa shape index (κ1) is 14.3. The molecular formula is C18H14N4O2. The lowest BCUT2D eigenvalue weighted by Gasteiger charge is -2.10. The smallest absolute Gasteiger partial charge is 0.257 e. The van der Waals surface area contributed by atoms with Crippen LogP contribution in [0.3, 0.4) is 0 Å². The van der Waals surface area contributed by atoms with Crippen molar-refractivity contribution in [3.8, 4) is 0 Å². The topological polar surface area (TPSA) is 80.9 Å². The molecule has 0 atom stereocenters. The van der Waals surface area contributed by atoms with Crippen LogP contribution in [-0.4, -0.2) is 21.0 Å². The number of carbonyl (C=O) groups is 1. The second-order valence-electron chi connectivity index (χ2n) is 5.63. The predicted molar refractivity (Wildman–Crippen MR) is 91.0 cm³/mol. The summed E-state index contributed by atoms with van der Waals surface area (Å²) >= 11 is 0. The SMILES string of the molecule is Cc1noc2ncc(C(=O)Nc3ccc(C)c4ncccc34)cc12. The third-order valence-electron chi connectivity index (χ3n) is 3.99. The van der Waals surface area contributed by atoms with Crippen LogP contribution in [0.2, 0.25) is 0 Å². The molecule has 1 aromatic carbocycles. The molecule has 1 N–H and O–H groups in total. The molecule has 4 aromatic rings. The normalized spacial score (nSPS) is 11.1. The Kier molecular flexibility index (Phi) is 3.23. The quantitative estimate of drug-likeness (QED) is 0.610. The molecular weight excluding hydrogens is 304 g/mol. The van der Waals surface area contributed by atoms with E-state index in [1.54, 1.807) is 12.3 Å². The summed E-state index contributed by atoms with van der Waals surface area (Å²) in [5.41, 5.74) is 4.24. The number of aromatic nitrogens is 3. The number of fused-ring (bicyclic) bond motifs is 2. The van der Waals surface area contributed by atoms with Crippen LogP contribution in [0.5, 0.6) is 0 Å². The van der Waals surface area contributed by atoms with Crippen LogP contribution in [0, 0.1) is 13.8 Å². The summed E-state index contributed by atoms with van der Waals surface area (Å²) in [5, 5.41) is 8.43. The molecule has 1 amide bonds. The van der Waals surface area contributed by atoms with E-state index in [1.807, 2.05) is 38.1 Å². The van der Waals surface area contributed by atoms with Gasteiger partial charge in [-0.3, -0.25) is 9.78 Å². The third kappa shape index (κ3) is 2.28. The standard InChI is InChI=1S/C18H14N4O2/c1-10-5-6-15(13-4-3-7-19-16(10)13)21-17(23)12-8-14-11(2)22-24-18(14)20-9-12/h3-9H,1-2H3,(H,21,23). The first-order chi connectivity index (χ1) is 11.6. The summed E-state index contributed by atoms with van der Waals surface area (Å²) in [6.45, 7) is 3.81. The van der Waals surface area contributed by atoms with E-state index >= 15 is 0 Å². The maximum Gasteiger partial charge on any atom is 0.257 e. The highest BCUT2D eigenvalue weighted by atomic mass is 16.5. The van der Waals surface area contributed by atoms with Crippen molar-refractivity contribution in [3.05, 3.63) is 59.5 Å². The number of anilines is 1. The van der Waals surface area contributed by atoms with Gasteiger partial charge in [-0.1, -0.05) is 11.2 Å². The lowest BCUT2D eigenvalue weighted by Crippen LogP contribution is -2.12. The zero-order valence-corrected chi connectivity index (χ0v) is 13.2. The van der Waals surface area contributed by atoms with Gasteiger partial charge in [0.15, 0.2) is 0 Å². The van der Waals surface area contributed by atoms with E-state index in [9.17, 15) is 4.79 Å². The fourth-order valence-electron chi connectivity index (χ4n) is 2.69. The number of nitrogens with one attached hydrogen (secondary N) is 1. The van der Waals surface area contributed by atoms with Crippen molar-refractivity contribution in [3.63, 3.8) is 0 Å². The van der Waals surface area contributed by atoms with Crippen molar-refractivity contribution in [2.24, 2.45) is 0 Å². The highest BCUT2D eigenvalue weighted by Gasteiger charge is 2.13. The second kappa shape index (κ2) is 5.42. The molecule has 3 heterocycles. The molecule has 0 saturated carbocycles. The number of hydrogen-bond acceptors (Lipinski definition) is 5. The van der Waals surface area contributed by atoms with Crippen molar-refractivity contribution >= 4 is 33.6 Å². The number of carbonyl (C=O) groups excluding carboxylic acids is 1. The van der Waals surface area contributed by atoms with E-state index in [-0.39, 0.29) is 5.91 Å². The highest BCUT2D eigenvalue weighted by molar-refractivity contribution is 6.09. The Morgan fingerprint density at radius 3 is 2.88 bits per heavy atom. The monoisotopic (exact) mass is 318 g/mol. The molecule has 0 fully saturated rings. The number of hydrogen-bond donors (Lipinski definition) is 1. The fraction of sp³-hybridized carbons (Fsp3) is 0.111. The Bertz CT molecular complexity index is 1080. The molecule has 6 nitrogen and oxygen atoms in total. The lowest BCUT2D eigenvalue weighted by atomic mass is 10.1. The van der Waals surface area contributed by atoms with E-state index in [2.05, 4.69) is 20.4 Å². The van der Waals surface area contributed by atoms with Gasteiger partial charge < -0.3 is 9.84 Å². The van der Waals surface area contributed by atoms with E-state index in [4.69, 9.17) is 4.52 Å². The molecule has 0 unspecified atom stereocenters. The molecule has 24 heavy (non-hydrogen) atoms. The number of aryl methyl sites for hydroxylation is 2. The van der Waals surface area contributed by atoms with Crippen LogP contribution in [0.4, 0.5) is 5.69 Å². The molecule has 4 rings (SSSR count). The number of pyridine rings is 2. The lowest BCUT2D eigenvalue weighted by molar-refractivity contribution is 0.102. The van der Waals surface area contributed by atoms with Crippen molar-refractivity contribution < 1.29 is 9.32 Å². The maximum absolute atomic E-state index is 12.6. The maximum atomic E-state index is 12.6. The molecule has 0 bridgehead atoms. The average Bonchev–Trinajstić information content (AvgIpc) is 2.98. The molecule has 0 radical (unpaired) electrons. The van der Waals surface area contributed by atoms with Gasteiger partial charge in [0.25, 0.3) is 11.6 Å². The Hall–Kier alpha value is -3.28. The van der Waals surface area contributed by atoms with Crippen LogP contribution in [-0.2, 0) is 0 Å². The number of amides is 1. The minimum Gasteiger partial charge on any atom is -0.336 e. The highest BCUT2D eigenvalue weighted by Crippen LogP contribution is 2.25. The summed E-state index contributed by atoms with van der Waals surface area (Å²) in [4.78, 5) is 21.1. The van der Waals surface area contributed by atoms with Crippen molar-refractivity contribution in [2.75, 3.05) is 5.32 Å². The zero-order valence-electron chi connectivity index (χ0n) is 13.2. The number of benzene rings is 1.